The van der Waals surface area contributed by atoms with Gasteiger partial charge in [-0.05, 0) is 37.1 Å². The van der Waals surface area contributed by atoms with Crippen molar-refractivity contribution < 1.29 is 14.3 Å². The van der Waals surface area contributed by atoms with E-state index in [2.05, 4.69) is 20.6 Å². The molecule has 2 amide bonds. The maximum absolute atomic E-state index is 12.4. The molecule has 3 heterocycles. The van der Waals surface area contributed by atoms with Crippen molar-refractivity contribution in [1.29, 1.82) is 0 Å². The zero-order valence-corrected chi connectivity index (χ0v) is 15.5. The predicted molar refractivity (Wildman–Crippen MR) is 101 cm³/mol. The third-order valence-electron chi connectivity index (χ3n) is 4.38. The monoisotopic (exact) mass is 384 g/mol. The molecule has 0 unspecified atom stereocenters. The van der Waals surface area contributed by atoms with Crippen molar-refractivity contribution in [3.8, 4) is 5.75 Å². The highest BCUT2D eigenvalue weighted by molar-refractivity contribution is 7.18. The molecule has 27 heavy (non-hydrogen) atoms. The van der Waals surface area contributed by atoms with Crippen molar-refractivity contribution in [3.63, 3.8) is 0 Å². The molecule has 1 aliphatic heterocycles. The summed E-state index contributed by atoms with van der Waals surface area (Å²) in [5, 5.41) is 5.97. The summed E-state index contributed by atoms with van der Waals surface area (Å²) in [6, 6.07) is 5.26. The first-order valence-electron chi connectivity index (χ1n) is 8.26. The third-order valence-corrected chi connectivity index (χ3v) is 5.49. The van der Waals surface area contributed by atoms with E-state index in [1.807, 2.05) is 13.8 Å². The van der Waals surface area contributed by atoms with Crippen LogP contribution >= 0.6 is 11.3 Å². The lowest BCUT2D eigenvalue weighted by atomic mass is 10.1. The molecule has 0 spiro atoms. The quantitative estimate of drug-likeness (QED) is 0.638. The van der Waals surface area contributed by atoms with Crippen LogP contribution in [0.25, 0.3) is 10.2 Å². The number of hydrogen-bond acceptors (Lipinski definition) is 6. The lowest BCUT2D eigenvalue weighted by Gasteiger charge is -2.18. The summed E-state index contributed by atoms with van der Waals surface area (Å²) < 4.78 is 5.30. The van der Waals surface area contributed by atoms with Gasteiger partial charge in [0.1, 0.15) is 10.6 Å². The molecule has 4 rings (SSSR count). The number of ether oxygens (including phenoxy) is 1. The van der Waals surface area contributed by atoms with Gasteiger partial charge in [-0.3, -0.25) is 14.4 Å². The van der Waals surface area contributed by atoms with Crippen molar-refractivity contribution in [2.45, 2.75) is 20.4 Å². The number of aromatic amines is 1. The van der Waals surface area contributed by atoms with Gasteiger partial charge in [-0.1, -0.05) is 6.07 Å². The van der Waals surface area contributed by atoms with E-state index in [0.717, 1.165) is 16.0 Å². The van der Waals surface area contributed by atoms with Gasteiger partial charge in [-0.2, -0.15) is 0 Å². The average molecular weight is 384 g/mol. The van der Waals surface area contributed by atoms with Crippen LogP contribution in [0.2, 0.25) is 0 Å². The number of H-pyrrole nitrogens is 1. The van der Waals surface area contributed by atoms with Gasteiger partial charge in [-0.15, -0.1) is 11.3 Å². The highest BCUT2D eigenvalue weighted by Crippen LogP contribution is 2.28. The lowest BCUT2D eigenvalue weighted by molar-refractivity contribution is -0.118. The number of hydrogen-bond donors (Lipinski definition) is 3. The highest BCUT2D eigenvalue weighted by atomic mass is 32.1. The number of amides is 2. The third kappa shape index (κ3) is 3.17. The van der Waals surface area contributed by atoms with Crippen LogP contribution in [0.5, 0.6) is 5.75 Å². The van der Waals surface area contributed by atoms with Crippen LogP contribution in [0.1, 0.15) is 26.6 Å². The van der Waals surface area contributed by atoms with Crippen LogP contribution in [-0.4, -0.2) is 28.4 Å². The van der Waals surface area contributed by atoms with E-state index in [9.17, 15) is 14.4 Å². The van der Waals surface area contributed by atoms with Gasteiger partial charge in [0.15, 0.2) is 6.61 Å². The second kappa shape index (κ2) is 6.51. The van der Waals surface area contributed by atoms with E-state index < -0.39 is 5.91 Å². The number of thiophene rings is 1. The molecule has 0 bridgehead atoms. The minimum absolute atomic E-state index is 0.00768. The number of nitrogens with one attached hydrogen (secondary N) is 3. The summed E-state index contributed by atoms with van der Waals surface area (Å²) >= 11 is 1.39. The number of nitrogens with zero attached hydrogens (tertiary/aromatic N) is 1. The Morgan fingerprint density at radius 3 is 2.96 bits per heavy atom. The summed E-state index contributed by atoms with van der Waals surface area (Å²) in [6.45, 7) is 3.99. The van der Waals surface area contributed by atoms with Crippen molar-refractivity contribution in [2.75, 3.05) is 11.9 Å². The van der Waals surface area contributed by atoms with Gasteiger partial charge in [-0.25, -0.2) is 4.98 Å². The molecule has 2 aromatic heterocycles. The Hall–Kier alpha value is -3.20. The fourth-order valence-electron chi connectivity index (χ4n) is 2.87. The molecule has 0 radical (unpaired) electrons. The molecule has 0 aliphatic carbocycles. The number of aromatic nitrogens is 2. The number of aryl methyl sites for hydroxylation is 2. The first-order valence-corrected chi connectivity index (χ1v) is 9.08. The number of carbonyl (C=O) groups is 2. The molecule has 8 nitrogen and oxygen atoms in total. The van der Waals surface area contributed by atoms with Crippen LogP contribution in [0.3, 0.4) is 0 Å². The van der Waals surface area contributed by atoms with E-state index in [1.165, 1.54) is 11.3 Å². The average Bonchev–Trinajstić information content (AvgIpc) is 2.93. The number of rotatable bonds is 3. The zero-order valence-electron chi connectivity index (χ0n) is 14.6. The standard InChI is InChI=1S/C18H16N4O4S/c1-8-9(2)27-18-14(8)16(24)21-15(22-18)17(25)19-6-10-3-4-12-11(5-10)20-13(23)7-26-12/h3-5H,6-7H2,1-2H3,(H,19,25)(H,20,23)(H,21,22,24). The Bertz CT molecular complexity index is 1150. The van der Waals surface area contributed by atoms with E-state index in [-0.39, 0.29) is 30.4 Å². The Balaban J connectivity index is 1.53. The minimum atomic E-state index is -0.476. The van der Waals surface area contributed by atoms with Gasteiger partial charge in [0.2, 0.25) is 5.82 Å². The lowest BCUT2D eigenvalue weighted by Crippen LogP contribution is -2.28. The molecule has 0 saturated heterocycles. The molecule has 0 saturated carbocycles. The Kier molecular flexibility index (Phi) is 4.15. The molecule has 0 fully saturated rings. The summed E-state index contributed by atoms with van der Waals surface area (Å²) in [5.74, 6) is -0.135. The topological polar surface area (TPSA) is 113 Å². The fraction of sp³-hybridized carbons (Fsp3) is 0.222. The molecule has 3 N–H and O–H groups in total. The SMILES string of the molecule is Cc1sc2nc(C(=O)NCc3ccc4c(c3)NC(=O)CO4)[nH]c(=O)c2c1C. The number of benzene rings is 1. The first kappa shape index (κ1) is 17.2. The first-order chi connectivity index (χ1) is 12.9. The van der Waals surface area contributed by atoms with Crippen molar-refractivity contribution in [1.82, 2.24) is 15.3 Å². The van der Waals surface area contributed by atoms with Crippen LogP contribution in [0.4, 0.5) is 5.69 Å². The van der Waals surface area contributed by atoms with E-state index in [1.54, 1.807) is 18.2 Å². The maximum atomic E-state index is 12.4. The van der Waals surface area contributed by atoms with Crippen molar-refractivity contribution in [2.24, 2.45) is 0 Å². The molecule has 138 valence electrons. The molecular weight excluding hydrogens is 368 g/mol. The van der Waals surface area contributed by atoms with Crippen LogP contribution in [-0.2, 0) is 11.3 Å². The van der Waals surface area contributed by atoms with Gasteiger partial charge >= 0.3 is 0 Å². The summed E-state index contributed by atoms with van der Waals surface area (Å²) in [7, 11) is 0. The predicted octanol–water partition coefficient (Wildman–Crippen LogP) is 1.86. The largest absolute Gasteiger partial charge is 0.482 e. The van der Waals surface area contributed by atoms with Gasteiger partial charge < -0.3 is 20.4 Å². The second-order valence-electron chi connectivity index (χ2n) is 6.23. The van der Waals surface area contributed by atoms with E-state index in [4.69, 9.17) is 4.74 Å². The Morgan fingerprint density at radius 2 is 2.15 bits per heavy atom. The molecule has 1 aliphatic rings. The fourth-order valence-corrected chi connectivity index (χ4v) is 3.90. The Labute approximate surface area is 157 Å². The van der Waals surface area contributed by atoms with Crippen molar-refractivity contribution >= 4 is 39.1 Å². The van der Waals surface area contributed by atoms with Gasteiger partial charge in [0.25, 0.3) is 17.4 Å². The van der Waals surface area contributed by atoms with Gasteiger partial charge in [0.05, 0.1) is 11.1 Å². The maximum Gasteiger partial charge on any atom is 0.287 e. The molecular formula is C18H16N4O4S. The van der Waals surface area contributed by atoms with E-state index >= 15 is 0 Å². The summed E-state index contributed by atoms with van der Waals surface area (Å²) in [6.07, 6.45) is 0. The molecule has 0 atom stereocenters. The number of fused-ring (bicyclic) bond motifs is 2. The normalized spacial score (nSPS) is 13.0. The number of anilines is 1. The number of carbonyl (C=O) groups excluding carboxylic acids is 2. The van der Waals surface area contributed by atoms with E-state index in [0.29, 0.717) is 21.7 Å². The van der Waals surface area contributed by atoms with Crippen LogP contribution < -0.4 is 20.9 Å². The summed E-state index contributed by atoms with van der Waals surface area (Å²) in [5.41, 5.74) is 1.91. The minimum Gasteiger partial charge on any atom is -0.482 e. The smallest absolute Gasteiger partial charge is 0.287 e. The molecule has 9 heteroatoms. The van der Waals surface area contributed by atoms with Crippen LogP contribution in [0.15, 0.2) is 23.0 Å². The second-order valence-corrected chi connectivity index (χ2v) is 7.43. The van der Waals surface area contributed by atoms with Gasteiger partial charge in [0, 0.05) is 11.4 Å². The summed E-state index contributed by atoms with van der Waals surface area (Å²) in [4.78, 5) is 44.5. The molecule has 3 aromatic rings. The van der Waals surface area contributed by atoms with Crippen LogP contribution in [0, 0.1) is 13.8 Å². The highest BCUT2D eigenvalue weighted by Gasteiger charge is 2.18. The zero-order chi connectivity index (χ0) is 19.1. The van der Waals surface area contributed by atoms with Crippen molar-refractivity contribution in [3.05, 3.63) is 50.4 Å². The Morgan fingerprint density at radius 1 is 1.33 bits per heavy atom. The molecule has 1 aromatic carbocycles.